The highest BCUT2D eigenvalue weighted by Crippen LogP contribution is 2.16. The van der Waals surface area contributed by atoms with Gasteiger partial charge in [0.15, 0.2) is 0 Å². The van der Waals surface area contributed by atoms with Gasteiger partial charge in [0.2, 0.25) is 5.91 Å². The van der Waals surface area contributed by atoms with Gasteiger partial charge in [-0.2, -0.15) is 0 Å². The van der Waals surface area contributed by atoms with Crippen LogP contribution in [0.4, 0.5) is 0 Å². The third-order valence-electron chi connectivity index (χ3n) is 2.72. The highest BCUT2D eigenvalue weighted by atomic mass is 35.5. The number of nitrogens with one attached hydrogen (secondary N) is 1. The van der Waals surface area contributed by atoms with E-state index in [1.165, 1.54) is 18.6 Å². The second-order valence-corrected chi connectivity index (χ2v) is 4.58. The zero-order chi connectivity index (χ0) is 14.4. The fourth-order valence-electron chi connectivity index (χ4n) is 1.61. The van der Waals surface area contributed by atoms with Gasteiger partial charge in [-0.05, 0) is 23.8 Å². The Morgan fingerprint density at radius 2 is 2.20 bits per heavy atom. The number of carbonyl (C=O) groups is 1. The number of aliphatic hydroxyl groups is 1. The van der Waals surface area contributed by atoms with Crippen molar-refractivity contribution in [2.24, 2.45) is 0 Å². The zero-order valence-corrected chi connectivity index (χ0v) is 11.4. The highest BCUT2D eigenvalue weighted by Gasteiger charge is 2.09. The molecule has 0 fully saturated rings. The lowest BCUT2D eigenvalue weighted by Crippen LogP contribution is -2.26. The molecule has 1 aromatic heterocycles. The Labute approximate surface area is 121 Å². The molecule has 0 spiro atoms. The Morgan fingerprint density at radius 3 is 2.90 bits per heavy atom. The molecule has 0 aliphatic heterocycles. The fraction of sp³-hybridized carbons (Fsp3) is 0.133. The van der Waals surface area contributed by atoms with Crippen LogP contribution in [0.25, 0.3) is 6.08 Å². The molecule has 5 heteroatoms. The van der Waals surface area contributed by atoms with Crippen LogP contribution in [-0.2, 0) is 4.79 Å². The molecular formula is C15H14ClNO3. The molecule has 1 aromatic carbocycles. The molecule has 0 aliphatic carbocycles. The summed E-state index contributed by atoms with van der Waals surface area (Å²) in [6, 6.07) is 8.87. The Morgan fingerprint density at radius 1 is 1.40 bits per heavy atom. The number of furan rings is 1. The molecule has 0 aliphatic rings. The van der Waals surface area contributed by atoms with E-state index in [4.69, 9.17) is 16.0 Å². The van der Waals surface area contributed by atoms with Gasteiger partial charge in [0.25, 0.3) is 0 Å². The molecule has 0 unspecified atom stereocenters. The van der Waals surface area contributed by atoms with E-state index >= 15 is 0 Å². The summed E-state index contributed by atoms with van der Waals surface area (Å²) in [5.74, 6) is -0.299. The van der Waals surface area contributed by atoms with Crippen molar-refractivity contribution in [1.29, 1.82) is 0 Å². The standard InChI is InChI=1S/C15H14ClNO3/c16-13-4-2-1-3-11(13)5-6-15(19)17-9-14(18)12-7-8-20-10-12/h1-8,10,14,18H,9H2,(H,17,19)/b6-5+/t14-/m1/s1. The van der Waals surface area contributed by atoms with Crippen LogP contribution in [0.5, 0.6) is 0 Å². The number of carbonyl (C=O) groups excluding carboxylic acids is 1. The average molecular weight is 292 g/mol. The minimum Gasteiger partial charge on any atom is -0.472 e. The smallest absolute Gasteiger partial charge is 0.244 e. The van der Waals surface area contributed by atoms with Crippen molar-refractivity contribution in [2.45, 2.75) is 6.10 Å². The maximum Gasteiger partial charge on any atom is 0.244 e. The van der Waals surface area contributed by atoms with Crippen LogP contribution in [0.15, 0.2) is 53.4 Å². The number of benzene rings is 1. The van der Waals surface area contributed by atoms with Crippen molar-refractivity contribution in [3.63, 3.8) is 0 Å². The number of halogens is 1. The molecule has 0 bridgehead atoms. The SMILES string of the molecule is O=C(/C=C/c1ccccc1Cl)NC[C@@H](O)c1ccoc1. The van der Waals surface area contributed by atoms with Gasteiger partial charge in [-0.15, -0.1) is 0 Å². The largest absolute Gasteiger partial charge is 0.472 e. The van der Waals surface area contributed by atoms with Crippen molar-refractivity contribution in [1.82, 2.24) is 5.32 Å². The summed E-state index contributed by atoms with van der Waals surface area (Å²) >= 11 is 5.97. The van der Waals surface area contributed by atoms with Crippen LogP contribution < -0.4 is 5.32 Å². The first-order chi connectivity index (χ1) is 9.66. The third kappa shape index (κ3) is 3.98. The Balaban J connectivity index is 1.85. The van der Waals surface area contributed by atoms with Crippen LogP contribution >= 0.6 is 11.6 Å². The van der Waals surface area contributed by atoms with Gasteiger partial charge >= 0.3 is 0 Å². The van der Waals surface area contributed by atoms with E-state index in [2.05, 4.69) is 5.32 Å². The summed E-state index contributed by atoms with van der Waals surface area (Å²) in [4.78, 5) is 11.6. The lowest BCUT2D eigenvalue weighted by atomic mass is 10.2. The van der Waals surface area contributed by atoms with E-state index in [-0.39, 0.29) is 12.5 Å². The quantitative estimate of drug-likeness (QED) is 0.833. The van der Waals surface area contributed by atoms with E-state index in [0.29, 0.717) is 10.6 Å². The van der Waals surface area contributed by atoms with Crippen LogP contribution in [-0.4, -0.2) is 17.6 Å². The van der Waals surface area contributed by atoms with Gasteiger partial charge in [-0.1, -0.05) is 29.8 Å². The Bertz CT molecular complexity index is 593. The number of hydrogen-bond donors (Lipinski definition) is 2. The highest BCUT2D eigenvalue weighted by molar-refractivity contribution is 6.32. The first kappa shape index (κ1) is 14.4. The second kappa shape index (κ2) is 6.93. The lowest BCUT2D eigenvalue weighted by Gasteiger charge is -2.08. The summed E-state index contributed by atoms with van der Waals surface area (Å²) in [5, 5.41) is 12.9. The fourth-order valence-corrected chi connectivity index (χ4v) is 1.81. The maximum absolute atomic E-state index is 11.6. The molecule has 2 aromatic rings. The van der Waals surface area contributed by atoms with Crippen molar-refractivity contribution < 1.29 is 14.3 Å². The van der Waals surface area contributed by atoms with E-state index < -0.39 is 6.10 Å². The van der Waals surface area contributed by atoms with E-state index in [1.807, 2.05) is 18.2 Å². The topological polar surface area (TPSA) is 62.5 Å². The van der Waals surface area contributed by atoms with Crippen molar-refractivity contribution >= 4 is 23.6 Å². The molecule has 1 atom stereocenters. The minimum absolute atomic E-state index is 0.116. The van der Waals surface area contributed by atoms with Crippen molar-refractivity contribution in [3.05, 3.63) is 65.1 Å². The van der Waals surface area contributed by atoms with Crippen LogP contribution in [0.2, 0.25) is 5.02 Å². The number of hydrogen-bond acceptors (Lipinski definition) is 3. The third-order valence-corrected chi connectivity index (χ3v) is 3.06. The number of aliphatic hydroxyl groups excluding tert-OH is 1. The summed E-state index contributed by atoms with van der Waals surface area (Å²) in [6.07, 6.45) is 5.13. The van der Waals surface area contributed by atoms with Crippen LogP contribution in [0.1, 0.15) is 17.2 Å². The molecule has 0 saturated heterocycles. The number of amides is 1. The van der Waals surface area contributed by atoms with Gasteiger partial charge in [0.1, 0.15) is 0 Å². The zero-order valence-electron chi connectivity index (χ0n) is 10.6. The molecule has 1 amide bonds. The Hall–Kier alpha value is -2.04. The summed E-state index contributed by atoms with van der Waals surface area (Å²) in [6.45, 7) is 0.116. The van der Waals surface area contributed by atoms with E-state index in [9.17, 15) is 9.90 Å². The van der Waals surface area contributed by atoms with Gasteiger partial charge in [-0.25, -0.2) is 0 Å². The van der Waals surface area contributed by atoms with E-state index in [1.54, 1.807) is 18.2 Å². The lowest BCUT2D eigenvalue weighted by molar-refractivity contribution is -0.116. The van der Waals surface area contributed by atoms with Crippen LogP contribution in [0, 0.1) is 0 Å². The van der Waals surface area contributed by atoms with Crippen molar-refractivity contribution in [3.8, 4) is 0 Å². The first-order valence-corrected chi connectivity index (χ1v) is 6.45. The predicted octanol–water partition coefficient (Wildman–Crippen LogP) is 2.80. The molecule has 1 heterocycles. The summed E-state index contributed by atoms with van der Waals surface area (Å²) < 4.78 is 4.86. The molecular weight excluding hydrogens is 278 g/mol. The minimum atomic E-state index is -0.786. The molecule has 2 rings (SSSR count). The first-order valence-electron chi connectivity index (χ1n) is 6.07. The average Bonchev–Trinajstić information content (AvgIpc) is 2.98. The van der Waals surface area contributed by atoms with Gasteiger partial charge in [0, 0.05) is 23.2 Å². The Kier molecular flexibility index (Phi) is 4.98. The molecule has 104 valence electrons. The van der Waals surface area contributed by atoms with E-state index in [0.717, 1.165) is 5.56 Å². The van der Waals surface area contributed by atoms with Crippen LogP contribution in [0.3, 0.4) is 0 Å². The van der Waals surface area contributed by atoms with Gasteiger partial charge in [0.05, 0.1) is 18.6 Å². The number of rotatable bonds is 5. The molecule has 0 radical (unpaired) electrons. The van der Waals surface area contributed by atoms with Gasteiger partial charge < -0.3 is 14.8 Å². The predicted molar refractivity (Wildman–Crippen MR) is 77.2 cm³/mol. The summed E-state index contributed by atoms with van der Waals surface area (Å²) in [5.41, 5.74) is 1.39. The molecule has 0 saturated carbocycles. The molecule has 20 heavy (non-hydrogen) atoms. The molecule has 4 nitrogen and oxygen atoms in total. The monoisotopic (exact) mass is 291 g/mol. The van der Waals surface area contributed by atoms with Crippen molar-refractivity contribution in [2.75, 3.05) is 6.54 Å². The molecule has 2 N–H and O–H groups in total. The van der Waals surface area contributed by atoms with Gasteiger partial charge in [-0.3, -0.25) is 4.79 Å². The summed E-state index contributed by atoms with van der Waals surface area (Å²) in [7, 11) is 0. The normalized spacial score (nSPS) is 12.5. The second-order valence-electron chi connectivity index (χ2n) is 4.17. The maximum atomic E-state index is 11.6.